The van der Waals surface area contributed by atoms with Gasteiger partial charge in [-0.25, -0.2) is 13.2 Å². The third-order valence-corrected chi connectivity index (χ3v) is 30.5. The van der Waals surface area contributed by atoms with E-state index < -0.39 is 43.3 Å². The molecule has 0 amide bonds. The summed E-state index contributed by atoms with van der Waals surface area (Å²) in [4.78, 5) is 11.3. The molecule has 1 aromatic rings. The van der Waals surface area contributed by atoms with Crippen molar-refractivity contribution in [3.05, 3.63) is 52.0 Å². The van der Waals surface area contributed by atoms with E-state index in [4.69, 9.17) is 18.9 Å². The van der Waals surface area contributed by atoms with Gasteiger partial charge in [-0.3, -0.25) is 4.79 Å². The molecule has 2 spiro atoms. The maximum atomic E-state index is 14.5. The number of hydrogen-bond acceptors (Lipinski definition) is 10. The summed E-state index contributed by atoms with van der Waals surface area (Å²) in [5.74, 6) is 4.18. The molecule has 3 radical (unpaired) electrons. The van der Waals surface area contributed by atoms with E-state index >= 15 is 0 Å². The first kappa shape index (κ1) is 66.5. The molecule has 6 saturated carbocycles. The Bertz CT molecular complexity index is 1980. The molecular formula is C61H99BF5O6S4Si. The van der Waals surface area contributed by atoms with Gasteiger partial charge >= 0.3 is 6.11 Å². The van der Waals surface area contributed by atoms with Crippen molar-refractivity contribution >= 4 is 69.3 Å². The second-order valence-electron chi connectivity index (χ2n) is 24.7. The minimum absolute atomic E-state index is 0. The third kappa shape index (κ3) is 18.9. The van der Waals surface area contributed by atoms with Crippen molar-refractivity contribution in [2.45, 2.75) is 216 Å². The van der Waals surface area contributed by atoms with Crippen LogP contribution in [-0.2, 0) is 23.7 Å². The highest BCUT2D eigenvalue weighted by Crippen LogP contribution is 2.50. The van der Waals surface area contributed by atoms with Crippen molar-refractivity contribution in [1.82, 2.24) is 0 Å². The Labute approximate surface area is 490 Å². The highest BCUT2D eigenvalue weighted by atomic mass is 32.2. The Morgan fingerprint density at radius 1 is 0.615 bits per heavy atom. The van der Waals surface area contributed by atoms with E-state index in [1.807, 2.05) is 6.08 Å². The minimum atomic E-state index is -3.54. The summed E-state index contributed by atoms with van der Waals surface area (Å²) < 4.78 is 98.8. The molecule has 4 aliphatic heterocycles. The summed E-state index contributed by atoms with van der Waals surface area (Å²) in [5, 5.41) is 0. The summed E-state index contributed by atoms with van der Waals surface area (Å²) in [7, 11) is -0.830. The predicted molar refractivity (Wildman–Crippen MR) is 325 cm³/mol. The van der Waals surface area contributed by atoms with Gasteiger partial charge in [0.1, 0.15) is 11.5 Å². The van der Waals surface area contributed by atoms with Crippen LogP contribution in [-0.4, -0.2) is 93.6 Å². The molecule has 0 aromatic heterocycles. The summed E-state index contributed by atoms with van der Waals surface area (Å²) in [6, 6.07) is 0.909. The zero-order chi connectivity index (χ0) is 53.8. The van der Waals surface area contributed by atoms with Gasteiger partial charge in [-0.05, 0) is 193 Å². The summed E-state index contributed by atoms with van der Waals surface area (Å²) in [5.41, 5.74) is 1.79. The van der Waals surface area contributed by atoms with Crippen LogP contribution < -0.4 is 4.74 Å². The van der Waals surface area contributed by atoms with E-state index in [2.05, 4.69) is 78.0 Å². The summed E-state index contributed by atoms with van der Waals surface area (Å²) in [6.45, 7) is 14.4. The zero-order valence-electron chi connectivity index (χ0n) is 46.7. The molecule has 1 aromatic carbocycles. The minimum Gasteiger partial charge on any atom is -0.432 e. The van der Waals surface area contributed by atoms with E-state index in [1.165, 1.54) is 87.2 Å². The highest BCUT2D eigenvalue weighted by Gasteiger charge is 2.46. The molecule has 17 heteroatoms. The van der Waals surface area contributed by atoms with Crippen molar-refractivity contribution < 1.29 is 53.3 Å². The SMILES string of the molecule is C.C1CSC(=C2CCC(C3CCC4(CC3)OCCO4)CC2)SC1.C=CC1CCC(C2CCC(C(F)(F)Oc3cc(F)c(F)c(F)c3)CC2)CC1.C[Si](C)(C)C1SCCCS1.O=C1CCC(C2CCC3(CC2)OCCO3)CC1.[B].[HH].[HH]. The van der Waals surface area contributed by atoms with Crippen LogP contribution in [0.1, 0.15) is 177 Å². The van der Waals surface area contributed by atoms with Gasteiger partial charge in [0.05, 0.1) is 40.4 Å². The number of allylic oxidation sites excluding steroid dienone is 2. The van der Waals surface area contributed by atoms with Gasteiger partial charge in [0.15, 0.2) is 29.0 Å². The Morgan fingerprint density at radius 2 is 1.01 bits per heavy atom. The number of thioether (sulfide) groups is 4. The van der Waals surface area contributed by atoms with Crippen molar-refractivity contribution in [2.75, 3.05) is 49.4 Å². The molecule has 11 rings (SSSR count). The Kier molecular flexibility index (Phi) is 26.8. The second kappa shape index (κ2) is 31.5. The largest absolute Gasteiger partial charge is 0.432 e. The lowest BCUT2D eigenvalue weighted by Crippen LogP contribution is -2.38. The smallest absolute Gasteiger partial charge is 0.400 e. The van der Waals surface area contributed by atoms with E-state index in [-0.39, 0.29) is 30.3 Å². The van der Waals surface area contributed by atoms with Gasteiger partial charge in [0.2, 0.25) is 0 Å². The molecule has 0 atom stereocenters. The second-order valence-corrected chi connectivity index (χ2v) is 36.1. The molecule has 4 saturated heterocycles. The monoisotopic (exact) mass is 1190 g/mol. The maximum Gasteiger partial charge on any atom is 0.400 e. The average molecular weight is 1190 g/mol. The van der Waals surface area contributed by atoms with Crippen LogP contribution in [0.25, 0.3) is 0 Å². The molecular weight excluding hydrogens is 1090 g/mol. The fraction of sp³-hybridized carbons (Fsp3) is 0.820. The first-order chi connectivity index (χ1) is 36.5. The van der Waals surface area contributed by atoms with Crippen molar-refractivity contribution in [1.29, 1.82) is 0 Å². The third-order valence-electron chi connectivity index (χ3n) is 18.6. The maximum absolute atomic E-state index is 14.5. The molecule has 0 N–H and O–H groups in total. The van der Waals surface area contributed by atoms with E-state index in [1.54, 1.807) is 9.81 Å². The molecule has 4 heterocycles. The first-order valence-electron chi connectivity index (χ1n) is 29.6. The van der Waals surface area contributed by atoms with Gasteiger partial charge in [-0.2, -0.15) is 32.3 Å². The van der Waals surface area contributed by atoms with Crippen LogP contribution in [0.2, 0.25) is 19.6 Å². The highest BCUT2D eigenvalue weighted by molar-refractivity contribution is 8.22. The number of carbonyl (C=O) groups is 1. The fourth-order valence-corrected chi connectivity index (χ4v) is 23.7. The van der Waals surface area contributed by atoms with Crippen molar-refractivity contribution in [3.63, 3.8) is 0 Å². The number of alkyl halides is 2. The number of rotatable bonds is 8. The van der Waals surface area contributed by atoms with Gasteiger partial charge in [0, 0.05) is 70.4 Å². The summed E-state index contributed by atoms with van der Waals surface area (Å²) in [6.07, 6.45) is 26.7. The van der Waals surface area contributed by atoms with Crippen LogP contribution in [0.5, 0.6) is 5.75 Å². The Morgan fingerprint density at radius 3 is 1.44 bits per heavy atom. The number of hydrogen-bond donors (Lipinski definition) is 0. The van der Waals surface area contributed by atoms with Crippen LogP contribution in [0.15, 0.2) is 34.6 Å². The Balaban J connectivity index is 0.000000236. The first-order valence-corrected chi connectivity index (χ1v) is 37.3. The topological polar surface area (TPSA) is 63.2 Å². The molecule has 0 unspecified atom stereocenters. The predicted octanol–water partition coefficient (Wildman–Crippen LogP) is 18.6. The van der Waals surface area contributed by atoms with Gasteiger partial charge in [-0.15, -0.1) is 30.1 Å². The van der Waals surface area contributed by atoms with E-state index in [0.29, 0.717) is 61.4 Å². The lowest BCUT2D eigenvalue weighted by atomic mass is 9.69. The fourth-order valence-electron chi connectivity index (χ4n) is 14.0. The van der Waals surface area contributed by atoms with Gasteiger partial charge in [0.25, 0.3) is 0 Å². The molecule has 0 bridgehead atoms. The average Bonchev–Trinajstić information content (AvgIpc) is 4.11. The molecule has 78 heavy (non-hydrogen) atoms. The van der Waals surface area contributed by atoms with Gasteiger partial charge in [-0.1, -0.05) is 38.7 Å². The van der Waals surface area contributed by atoms with Gasteiger partial charge < -0.3 is 23.7 Å². The number of ether oxygens (including phenoxy) is 5. The molecule has 10 fully saturated rings. The summed E-state index contributed by atoms with van der Waals surface area (Å²) >= 11 is 8.65. The Hall–Kier alpha value is -0.658. The van der Waals surface area contributed by atoms with E-state index in [9.17, 15) is 26.7 Å². The normalized spacial score (nSPS) is 30.1. The zero-order valence-corrected chi connectivity index (χ0v) is 51.0. The van der Waals surface area contributed by atoms with Crippen LogP contribution in [0.3, 0.4) is 0 Å². The number of carbonyl (C=O) groups excluding carboxylic acids is 1. The van der Waals surface area contributed by atoms with Crippen LogP contribution >= 0.6 is 47.0 Å². The molecule has 6 aliphatic carbocycles. The van der Waals surface area contributed by atoms with Crippen LogP contribution in [0, 0.1) is 64.8 Å². The number of Topliss-reactive ketones (excluding diaryl/α,β-unsaturated/α-hetero) is 1. The number of benzene rings is 1. The molecule has 10 aliphatic rings. The van der Waals surface area contributed by atoms with Crippen molar-refractivity contribution in [2.24, 2.45) is 47.3 Å². The standard InChI is InChI=1S/C21H25F5O.C18H28O2S2.C14H22O3.C7H16S2Si.CH4.B.2H2/c1-2-13-3-5-14(6-4-13)15-7-9-16(10-8-15)21(25,26)27-17-11-18(22)20(24)19(23)12-17;1-12-21-17(22-13-1)16-4-2-14(3-5-16)15-6-8-18(9-7-15)19-10-11-20-18;15-13-3-1-11(2-4-13)12-5-7-14(8-6-12)16-9-10-17-14;1-10(2,3)7-8-5-4-6-9-7;;;;/h2,11-16H,1,3-10H2;14-15H,1-13H2;11-12H,1-10H2;7H,4-6H2,1-3H3;1H4;;2*1H. The molecule has 445 valence electrons. The lowest BCUT2D eigenvalue weighted by Gasteiger charge is -2.40. The molecule has 6 nitrogen and oxygen atoms in total. The van der Waals surface area contributed by atoms with E-state index in [0.717, 1.165) is 131 Å². The quantitative estimate of drug-likeness (QED) is 0.109. The van der Waals surface area contributed by atoms with Crippen LogP contribution in [0.4, 0.5) is 22.0 Å². The van der Waals surface area contributed by atoms with Crippen molar-refractivity contribution in [3.8, 4) is 5.75 Å². The number of ketones is 1. The number of halogens is 5. The lowest BCUT2D eigenvalue weighted by molar-refractivity contribution is -0.224.